The highest BCUT2D eigenvalue weighted by atomic mass is 16.6. The highest BCUT2D eigenvalue weighted by Crippen LogP contribution is 2.39. The number of benzene rings is 2. The number of hydrogen-bond acceptors (Lipinski definition) is 4. The summed E-state index contributed by atoms with van der Waals surface area (Å²) in [6, 6.07) is 14.4. The van der Waals surface area contributed by atoms with Gasteiger partial charge >= 0.3 is 0 Å². The van der Waals surface area contributed by atoms with Crippen LogP contribution in [0.25, 0.3) is 0 Å². The third kappa shape index (κ3) is 2.69. The number of aryl methyl sites for hydroxylation is 1. The van der Waals surface area contributed by atoms with E-state index in [9.17, 15) is 5.11 Å². The average molecular weight is 365 g/mol. The quantitative estimate of drug-likeness (QED) is 0.831. The first kappa shape index (κ1) is 16.6. The largest absolute Gasteiger partial charge is 0.486 e. The van der Waals surface area contributed by atoms with Gasteiger partial charge in [-0.05, 0) is 50.1 Å². The SMILES string of the molecule is Cc1ccc(N2C[C@@](O)(c3ccc4c(c3)OCCO4)[N+]3=C2CCCC3)cc1. The van der Waals surface area contributed by atoms with Crippen molar-refractivity contribution < 1.29 is 19.2 Å². The van der Waals surface area contributed by atoms with Gasteiger partial charge < -0.3 is 14.6 Å². The number of nitrogens with zero attached hydrogens (tertiary/aromatic N) is 2. The molecule has 0 spiro atoms. The van der Waals surface area contributed by atoms with Gasteiger partial charge in [0.15, 0.2) is 18.0 Å². The van der Waals surface area contributed by atoms with Crippen LogP contribution in [0.1, 0.15) is 30.4 Å². The van der Waals surface area contributed by atoms with E-state index in [4.69, 9.17) is 9.47 Å². The van der Waals surface area contributed by atoms with Crippen molar-refractivity contribution in [2.45, 2.75) is 31.9 Å². The molecule has 0 aromatic heterocycles. The molecule has 3 aliphatic heterocycles. The topological polar surface area (TPSA) is 44.9 Å². The molecule has 5 nitrogen and oxygen atoms in total. The summed E-state index contributed by atoms with van der Waals surface area (Å²) in [6.45, 7) is 4.60. The molecule has 0 amide bonds. The first-order valence-electron chi connectivity index (χ1n) is 9.75. The lowest BCUT2D eigenvalue weighted by Gasteiger charge is -2.26. The molecule has 2 aromatic carbocycles. The maximum Gasteiger partial charge on any atom is 0.271 e. The van der Waals surface area contributed by atoms with Gasteiger partial charge in [-0.3, -0.25) is 0 Å². The standard InChI is InChI=1S/C22H25N2O3/c1-16-5-8-18(9-6-16)23-15-22(25,24-11-3-2-4-21(23)24)17-7-10-19-20(14-17)27-13-12-26-19/h5-10,14,25H,2-4,11-13,15H2,1H3/q+1/t22-/m1/s1. The van der Waals surface area contributed by atoms with Crippen LogP contribution in [0, 0.1) is 6.92 Å². The zero-order chi connectivity index (χ0) is 18.4. The van der Waals surface area contributed by atoms with Crippen molar-refractivity contribution in [1.82, 2.24) is 0 Å². The van der Waals surface area contributed by atoms with Gasteiger partial charge in [-0.25, -0.2) is 9.48 Å². The Hall–Kier alpha value is -2.53. The highest BCUT2D eigenvalue weighted by molar-refractivity contribution is 5.96. The lowest BCUT2D eigenvalue weighted by atomic mass is 10.0. The van der Waals surface area contributed by atoms with Crippen molar-refractivity contribution in [2.75, 3.05) is 31.2 Å². The van der Waals surface area contributed by atoms with Gasteiger partial charge in [-0.15, -0.1) is 0 Å². The number of fused-ring (bicyclic) bond motifs is 1. The fraction of sp³-hybridized carbons (Fsp3) is 0.409. The summed E-state index contributed by atoms with van der Waals surface area (Å²) in [6.07, 6.45) is 3.24. The van der Waals surface area contributed by atoms with E-state index in [0.29, 0.717) is 19.8 Å². The van der Waals surface area contributed by atoms with Gasteiger partial charge in [0.2, 0.25) is 0 Å². The van der Waals surface area contributed by atoms with E-state index >= 15 is 0 Å². The lowest BCUT2D eigenvalue weighted by Crippen LogP contribution is -2.41. The maximum absolute atomic E-state index is 11.8. The Labute approximate surface area is 159 Å². The minimum atomic E-state index is -1.06. The van der Waals surface area contributed by atoms with Crippen LogP contribution < -0.4 is 14.4 Å². The molecule has 0 bridgehead atoms. The minimum Gasteiger partial charge on any atom is -0.486 e. The van der Waals surface area contributed by atoms with Crippen LogP contribution >= 0.6 is 0 Å². The second kappa shape index (κ2) is 6.27. The van der Waals surface area contributed by atoms with Crippen molar-refractivity contribution >= 4 is 11.5 Å². The molecule has 0 fully saturated rings. The van der Waals surface area contributed by atoms with E-state index in [1.54, 1.807) is 0 Å². The van der Waals surface area contributed by atoms with Gasteiger partial charge in [0.05, 0.1) is 6.54 Å². The molecule has 3 heterocycles. The first-order chi connectivity index (χ1) is 13.1. The fourth-order valence-electron chi connectivity index (χ4n) is 4.40. The molecule has 2 aromatic rings. The number of ether oxygens (including phenoxy) is 2. The van der Waals surface area contributed by atoms with Crippen LogP contribution in [-0.2, 0) is 5.72 Å². The maximum atomic E-state index is 11.8. The van der Waals surface area contributed by atoms with Crippen molar-refractivity contribution in [3.05, 3.63) is 53.6 Å². The second-order valence-corrected chi connectivity index (χ2v) is 7.62. The fourth-order valence-corrected chi connectivity index (χ4v) is 4.40. The zero-order valence-corrected chi connectivity index (χ0v) is 15.6. The minimum absolute atomic E-state index is 0.519. The first-order valence-corrected chi connectivity index (χ1v) is 9.75. The third-order valence-electron chi connectivity index (χ3n) is 5.83. The van der Waals surface area contributed by atoms with Crippen molar-refractivity contribution in [3.63, 3.8) is 0 Å². The predicted octanol–water partition coefficient (Wildman–Crippen LogP) is 3.03. The summed E-state index contributed by atoms with van der Waals surface area (Å²) >= 11 is 0. The van der Waals surface area contributed by atoms with Gasteiger partial charge in [0.1, 0.15) is 18.9 Å². The van der Waals surface area contributed by atoms with Crippen molar-refractivity contribution in [2.24, 2.45) is 0 Å². The molecule has 0 saturated carbocycles. The van der Waals surface area contributed by atoms with Crippen molar-refractivity contribution in [3.8, 4) is 11.5 Å². The number of β-amino-alcohol motifs (C(OH)–C–C–N with tert-alkyl or cyclic N) is 1. The molecule has 5 rings (SSSR count). The Morgan fingerprint density at radius 2 is 1.78 bits per heavy atom. The zero-order valence-electron chi connectivity index (χ0n) is 15.6. The van der Waals surface area contributed by atoms with E-state index in [1.807, 2.05) is 18.2 Å². The van der Waals surface area contributed by atoms with E-state index in [-0.39, 0.29) is 0 Å². The number of aliphatic hydroxyl groups is 1. The Balaban J connectivity index is 1.57. The molecule has 0 aliphatic carbocycles. The van der Waals surface area contributed by atoms with E-state index < -0.39 is 5.72 Å². The van der Waals surface area contributed by atoms with Crippen molar-refractivity contribution in [1.29, 1.82) is 0 Å². The van der Waals surface area contributed by atoms with Crippen LogP contribution in [0.4, 0.5) is 5.69 Å². The average Bonchev–Trinajstić information content (AvgIpc) is 3.03. The summed E-state index contributed by atoms with van der Waals surface area (Å²) in [5.41, 5.74) is 2.18. The van der Waals surface area contributed by atoms with Gasteiger partial charge in [-0.2, -0.15) is 0 Å². The smallest absolute Gasteiger partial charge is 0.271 e. The van der Waals surface area contributed by atoms with Crippen LogP contribution in [0.15, 0.2) is 42.5 Å². The van der Waals surface area contributed by atoms with Crippen LogP contribution in [-0.4, -0.2) is 41.8 Å². The third-order valence-corrected chi connectivity index (χ3v) is 5.83. The lowest BCUT2D eigenvalue weighted by molar-refractivity contribution is -0.661. The van der Waals surface area contributed by atoms with Gasteiger partial charge in [0, 0.05) is 12.0 Å². The molecule has 3 aliphatic rings. The Kier molecular flexibility index (Phi) is 3.86. The van der Waals surface area contributed by atoms with Gasteiger partial charge in [-0.1, -0.05) is 17.7 Å². The van der Waals surface area contributed by atoms with Crippen LogP contribution in [0.2, 0.25) is 0 Å². The Morgan fingerprint density at radius 1 is 1.00 bits per heavy atom. The van der Waals surface area contributed by atoms with Gasteiger partial charge in [0.25, 0.3) is 11.6 Å². The summed E-state index contributed by atoms with van der Waals surface area (Å²) < 4.78 is 13.6. The molecule has 0 unspecified atom stereocenters. The molecular weight excluding hydrogens is 340 g/mol. The summed E-state index contributed by atoms with van der Waals surface area (Å²) in [4.78, 5) is 2.27. The Bertz CT molecular complexity index is 906. The number of rotatable bonds is 2. The second-order valence-electron chi connectivity index (χ2n) is 7.62. The Morgan fingerprint density at radius 3 is 2.59 bits per heavy atom. The summed E-state index contributed by atoms with van der Waals surface area (Å²) in [5.74, 6) is 2.69. The van der Waals surface area contributed by atoms with Crippen LogP contribution in [0.3, 0.4) is 0 Å². The monoisotopic (exact) mass is 365 g/mol. The predicted molar refractivity (Wildman–Crippen MR) is 104 cm³/mol. The van der Waals surface area contributed by atoms with E-state index in [1.165, 1.54) is 11.4 Å². The summed E-state index contributed by atoms with van der Waals surface area (Å²) in [5, 5.41) is 11.8. The normalized spacial score (nSPS) is 24.1. The molecule has 1 atom stereocenters. The molecule has 5 heteroatoms. The number of amidine groups is 1. The highest BCUT2D eigenvalue weighted by Gasteiger charge is 2.52. The summed E-state index contributed by atoms with van der Waals surface area (Å²) in [7, 11) is 0. The molecule has 27 heavy (non-hydrogen) atoms. The van der Waals surface area contributed by atoms with E-state index in [2.05, 4.69) is 40.7 Å². The van der Waals surface area contributed by atoms with E-state index in [0.717, 1.165) is 48.6 Å². The molecule has 0 radical (unpaired) electrons. The van der Waals surface area contributed by atoms with Crippen LogP contribution in [0.5, 0.6) is 11.5 Å². The number of hydrogen-bond donors (Lipinski definition) is 1. The number of anilines is 1. The molecular formula is C22H25N2O3+. The molecule has 140 valence electrons. The molecule has 1 N–H and O–H groups in total. The molecule has 0 saturated heterocycles.